The molecule has 82 valence electrons. The first kappa shape index (κ1) is 12.0. The molecule has 0 saturated heterocycles. The standard InChI is InChI=1S/C10H15BO4/c1-7(2)15-10-4-3-9(11(13)14)5-8(10)6-12/h3-5,7,12-14H,6H2,1-2H3. The lowest BCUT2D eigenvalue weighted by Crippen LogP contribution is -2.30. The quantitative estimate of drug-likeness (QED) is 0.594. The molecule has 1 rings (SSSR count). The van der Waals surface area contributed by atoms with Crippen LogP contribution in [0.2, 0.25) is 0 Å². The van der Waals surface area contributed by atoms with Crippen LogP contribution in [0.4, 0.5) is 0 Å². The highest BCUT2D eigenvalue weighted by molar-refractivity contribution is 6.58. The van der Waals surface area contributed by atoms with E-state index in [0.717, 1.165) is 0 Å². The SMILES string of the molecule is CC(C)Oc1ccc(B(O)O)cc1CO. The zero-order chi connectivity index (χ0) is 11.4. The van der Waals surface area contributed by atoms with E-state index in [1.807, 2.05) is 13.8 Å². The van der Waals surface area contributed by atoms with Crippen molar-refractivity contribution in [2.45, 2.75) is 26.6 Å². The smallest absolute Gasteiger partial charge is 0.488 e. The van der Waals surface area contributed by atoms with Crippen LogP contribution in [0.1, 0.15) is 19.4 Å². The van der Waals surface area contributed by atoms with E-state index < -0.39 is 7.12 Å². The first-order valence-corrected chi connectivity index (χ1v) is 4.81. The van der Waals surface area contributed by atoms with Crippen LogP contribution in [0.5, 0.6) is 5.75 Å². The van der Waals surface area contributed by atoms with E-state index in [4.69, 9.17) is 19.9 Å². The minimum Gasteiger partial charge on any atom is -0.491 e. The number of hydrogen-bond donors (Lipinski definition) is 3. The summed E-state index contributed by atoms with van der Waals surface area (Å²) in [5, 5.41) is 27.0. The van der Waals surface area contributed by atoms with E-state index in [-0.39, 0.29) is 12.7 Å². The second-order valence-electron chi connectivity index (χ2n) is 3.57. The van der Waals surface area contributed by atoms with E-state index in [1.165, 1.54) is 6.07 Å². The van der Waals surface area contributed by atoms with Crippen molar-refractivity contribution in [1.29, 1.82) is 0 Å². The fourth-order valence-electron chi connectivity index (χ4n) is 1.25. The molecule has 0 atom stereocenters. The monoisotopic (exact) mass is 210 g/mol. The van der Waals surface area contributed by atoms with Crippen molar-refractivity contribution in [3.8, 4) is 5.75 Å². The highest BCUT2D eigenvalue weighted by atomic mass is 16.5. The molecular formula is C10H15BO4. The summed E-state index contributed by atoms with van der Waals surface area (Å²) >= 11 is 0. The number of benzene rings is 1. The van der Waals surface area contributed by atoms with Crippen molar-refractivity contribution in [2.24, 2.45) is 0 Å². The van der Waals surface area contributed by atoms with E-state index >= 15 is 0 Å². The largest absolute Gasteiger partial charge is 0.491 e. The topological polar surface area (TPSA) is 69.9 Å². The molecule has 0 aliphatic heterocycles. The van der Waals surface area contributed by atoms with Gasteiger partial charge in [-0.2, -0.15) is 0 Å². The minimum atomic E-state index is -1.52. The summed E-state index contributed by atoms with van der Waals surface area (Å²) in [5.74, 6) is 0.567. The summed E-state index contributed by atoms with van der Waals surface area (Å²) in [5.41, 5.74) is 0.893. The number of rotatable bonds is 4. The molecule has 15 heavy (non-hydrogen) atoms. The third-order valence-corrected chi connectivity index (χ3v) is 1.92. The van der Waals surface area contributed by atoms with Crippen LogP contribution in [0, 0.1) is 0 Å². The lowest BCUT2D eigenvalue weighted by Gasteiger charge is -2.14. The third kappa shape index (κ3) is 3.23. The fourth-order valence-corrected chi connectivity index (χ4v) is 1.25. The van der Waals surface area contributed by atoms with Gasteiger partial charge >= 0.3 is 7.12 Å². The first-order chi connectivity index (χ1) is 7.04. The van der Waals surface area contributed by atoms with Crippen molar-refractivity contribution in [3.05, 3.63) is 23.8 Å². The van der Waals surface area contributed by atoms with Gasteiger partial charge in [-0.05, 0) is 25.4 Å². The molecule has 1 aromatic carbocycles. The molecule has 3 N–H and O–H groups in total. The van der Waals surface area contributed by atoms with Crippen LogP contribution in [0.25, 0.3) is 0 Å². The van der Waals surface area contributed by atoms with Crippen LogP contribution in [-0.2, 0) is 6.61 Å². The summed E-state index contributed by atoms with van der Waals surface area (Å²) in [4.78, 5) is 0. The molecule has 0 spiro atoms. The van der Waals surface area contributed by atoms with E-state index in [0.29, 0.717) is 16.8 Å². The van der Waals surface area contributed by atoms with Gasteiger partial charge in [-0.1, -0.05) is 12.1 Å². The summed E-state index contributed by atoms with van der Waals surface area (Å²) in [6.45, 7) is 3.58. The number of aliphatic hydroxyl groups is 1. The Morgan fingerprint density at radius 1 is 1.33 bits per heavy atom. The number of ether oxygens (including phenoxy) is 1. The van der Waals surface area contributed by atoms with Gasteiger partial charge in [0.05, 0.1) is 12.7 Å². The maximum absolute atomic E-state index is 9.09. The molecule has 0 aromatic heterocycles. The van der Waals surface area contributed by atoms with Crippen molar-refractivity contribution in [2.75, 3.05) is 0 Å². The van der Waals surface area contributed by atoms with Gasteiger partial charge < -0.3 is 19.9 Å². The van der Waals surface area contributed by atoms with E-state index in [2.05, 4.69) is 0 Å². The molecule has 0 amide bonds. The van der Waals surface area contributed by atoms with E-state index in [9.17, 15) is 0 Å². The zero-order valence-electron chi connectivity index (χ0n) is 8.84. The van der Waals surface area contributed by atoms with Crippen LogP contribution in [0.3, 0.4) is 0 Å². The number of hydrogen-bond acceptors (Lipinski definition) is 4. The first-order valence-electron chi connectivity index (χ1n) is 4.81. The summed E-state index contributed by atoms with van der Waals surface area (Å²) < 4.78 is 5.45. The van der Waals surface area contributed by atoms with Crippen LogP contribution >= 0.6 is 0 Å². The molecule has 0 heterocycles. The summed E-state index contributed by atoms with van der Waals surface area (Å²) in [7, 11) is -1.52. The Morgan fingerprint density at radius 2 is 2.00 bits per heavy atom. The Hall–Kier alpha value is -1.04. The summed E-state index contributed by atoms with van der Waals surface area (Å²) in [6.07, 6.45) is 0.0141. The molecule has 0 radical (unpaired) electrons. The second-order valence-corrected chi connectivity index (χ2v) is 3.57. The third-order valence-electron chi connectivity index (χ3n) is 1.92. The maximum atomic E-state index is 9.09. The van der Waals surface area contributed by atoms with Gasteiger partial charge in [0.25, 0.3) is 0 Å². The van der Waals surface area contributed by atoms with Gasteiger partial charge in [-0.25, -0.2) is 0 Å². The van der Waals surface area contributed by atoms with Crippen LogP contribution < -0.4 is 10.2 Å². The van der Waals surface area contributed by atoms with Crippen molar-refractivity contribution < 1.29 is 19.9 Å². The van der Waals surface area contributed by atoms with Crippen molar-refractivity contribution in [1.82, 2.24) is 0 Å². The second kappa shape index (κ2) is 5.16. The predicted molar refractivity (Wildman–Crippen MR) is 58.0 cm³/mol. The van der Waals surface area contributed by atoms with Gasteiger partial charge in [0, 0.05) is 5.56 Å². The Bertz CT molecular complexity index is 325. The van der Waals surface area contributed by atoms with Crippen molar-refractivity contribution in [3.63, 3.8) is 0 Å². The molecule has 0 saturated carbocycles. The molecule has 1 aromatic rings. The van der Waals surface area contributed by atoms with Gasteiger partial charge in [0.1, 0.15) is 5.75 Å². The Morgan fingerprint density at radius 3 is 2.47 bits per heavy atom. The maximum Gasteiger partial charge on any atom is 0.488 e. The molecule has 5 heteroatoms. The summed E-state index contributed by atoms with van der Waals surface area (Å²) in [6, 6.07) is 4.70. The molecule has 0 fully saturated rings. The highest BCUT2D eigenvalue weighted by Crippen LogP contribution is 2.18. The molecule has 4 nitrogen and oxygen atoms in total. The van der Waals surface area contributed by atoms with Gasteiger partial charge in [-0.15, -0.1) is 0 Å². The average molecular weight is 210 g/mol. The molecule has 0 unspecified atom stereocenters. The van der Waals surface area contributed by atoms with Crippen molar-refractivity contribution >= 4 is 12.6 Å². The molecule has 0 aliphatic carbocycles. The molecular weight excluding hydrogens is 195 g/mol. The van der Waals surface area contributed by atoms with Crippen LogP contribution in [0.15, 0.2) is 18.2 Å². The fraction of sp³-hybridized carbons (Fsp3) is 0.400. The minimum absolute atomic E-state index is 0.0141. The van der Waals surface area contributed by atoms with Gasteiger partial charge in [0.2, 0.25) is 0 Å². The van der Waals surface area contributed by atoms with Crippen LogP contribution in [-0.4, -0.2) is 28.4 Å². The predicted octanol–water partition coefficient (Wildman–Crippen LogP) is -0.354. The molecule has 0 aliphatic rings. The highest BCUT2D eigenvalue weighted by Gasteiger charge is 2.14. The lowest BCUT2D eigenvalue weighted by atomic mass is 9.79. The molecule has 0 bridgehead atoms. The van der Waals surface area contributed by atoms with Gasteiger partial charge in [0.15, 0.2) is 0 Å². The Balaban J connectivity index is 2.98. The van der Waals surface area contributed by atoms with E-state index in [1.54, 1.807) is 12.1 Å². The number of aliphatic hydroxyl groups excluding tert-OH is 1. The zero-order valence-corrected chi connectivity index (χ0v) is 8.84. The lowest BCUT2D eigenvalue weighted by molar-refractivity contribution is 0.225. The normalized spacial score (nSPS) is 10.5. The Kier molecular flexibility index (Phi) is 4.14. The Labute approximate surface area is 89.3 Å². The average Bonchev–Trinajstić information content (AvgIpc) is 2.17. The van der Waals surface area contributed by atoms with Gasteiger partial charge in [-0.3, -0.25) is 0 Å².